The molecule has 1 aromatic rings. The first-order valence-corrected chi connectivity index (χ1v) is 7.14. The molecule has 0 radical (unpaired) electrons. The first kappa shape index (κ1) is 13.5. The van der Waals surface area contributed by atoms with Gasteiger partial charge < -0.3 is 20.7 Å². The maximum atomic E-state index is 12.1. The van der Waals surface area contributed by atoms with E-state index in [-0.39, 0.29) is 30.6 Å². The Kier molecular flexibility index (Phi) is 4.00. The van der Waals surface area contributed by atoms with E-state index in [4.69, 9.17) is 10.5 Å². The van der Waals surface area contributed by atoms with Crippen molar-refractivity contribution in [3.05, 3.63) is 35.9 Å². The van der Waals surface area contributed by atoms with E-state index in [9.17, 15) is 4.79 Å². The summed E-state index contributed by atoms with van der Waals surface area (Å²) in [7, 11) is 0. The summed E-state index contributed by atoms with van der Waals surface area (Å²) in [5.41, 5.74) is 7.40. The van der Waals surface area contributed by atoms with Gasteiger partial charge in [-0.1, -0.05) is 30.3 Å². The summed E-state index contributed by atoms with van der Waals surface area (Å²) >= 11 is 0. The maximum absolute atomic E-state index is 12.1. The van der Waals surface area contributed by atoms with Crippen molar-refractivity contribution in [1.29, 1.82) is 0 Å². The Bertz CT molecular complexity index is 461. The molecule has 2 aliphatic heterocycles. The van der Waals surface area contributed by atoms with Gasteiger partial charge in [-0.3, -0.25) is 4.79 Å². The summed E-state index contributed by atoms with van der Waals surface area (Å²) in [6.07, 6.45) is 0.195. The molecule has 3 N–H and O–H groups in total. The van der Waals surface area contributed by atoms with Crippen LogP contribution in [0.15, 0.2) is 30.3 Å². The summed E-state index contributed by atoms with van der Waals surface area (Å²) in [5.74, 6) is 0.274. The number of carbonyl (C=O) groups is 1. The normalized spacial score (nSPS) is 26.6. The van der Waals surface area contributed by atoms with Gasteiger partial charge in [-0.25, -0.2) is 0 Å². The smallest absolute Gasteiger partial charge is 0.248 e. The number of likely N-dealkylation sites (tertiary alicyclic amines) is 1. The van der Waals surface area contributed by atoms with E-state index in [0.29, 0.717) is 13.1 Å². The van der Waals surface area contributed by atoms with Gasteiger partial charge in [0.25, 0.3) is 0 Å². The van der Waals surface area contributed by atoms with Crippen LogP contribution in [0.5, 0.6) is 0 Å². The summed E-state index contributed by atoms with van der Waals surface area (Å²) < 4.78 is 5.53. The molecule has 0 aromatic heterocycles. The van der Waals surface area contributed by atoms with Crippen LogP contribution in [0.25, 0.3) is 0 Å². The lowest BCUT2D eigenvalue weighted by molar-refractivity contribution is -0.138. The highest BCUT2D eigenvalue weighted by Crippen LogP contribution is 2.26. The average molecular weight is 275 g/mol. The third-order valence-electron chi connectivity index (χ3n) is 4.13. The topological polar surface area (TPSA) is 67.6 Å². The number of nitrogens with zero attached hydrogens (tertiary/aromatic N) is 1. The molecule has 2 aliphatic rings. The monoisotopic (exact) mass is 275 g/mol. The van der Waals surface area contributed by atoms with Crippen LogP contribution < -0.4 is 11.1 Å². The average Bonchev–Trinajstić information content (AvgIpc) is 2.80. The predicted molar refractivity (Wildman–Crippen MR) is 76.3 cm³/mol. The molecule has 5 heteroatoms. The van der Waals surface area contributed by atoms with Gasteiger partial charge in [0, 0.05) is 38.1 Å². The Balaban J connectivity index is 1.55. The van der Waals surface area contributed by atoms with Crippen molar-refractivity contribution in [2.75, 3.05) is 32.8 Å². The molecule has 0 saturated carbocycles. The zero-order chi connectivity index (χ0) is 13.9. The maximum Gasteiger partial charge on any atom is 0.248 e. The van der Waals surface area contributed by atoms with Crippen molar-refractivity contribution in [3.63, 3.8) is 0 Å². The van der Waals surface area contributed by atoms with Crippen molar-refractivity contribution < 1.29 is 9.53 Å². The van der Waals surface area contributed by atoms with Gasteiger partial charge >= 0.3 is 0 Å². The number of hydrogen-bond acceptors (Lipinski definition) is 4. The van der Waals surface area contributed by atoms with Crippen LogP contribution in [0.2, 0.25) is 0 Å². The van der Waals surface area contributed by atoms with Gasteiger partial charge in [-0.05, 0) is 5.56 Å². The van der Waals surface area contributed by atoms with Gasteiger partial charge in [0.15, 0.2) is 0 Å². The molecule has 5 nitrogen and oxygen atoms in total. The molecular formula is C15H21N3O2. The van der Waals surface area contributed by atoms with Gasteiger partial charge in [0.1, 0.15) is 6.61 Å². The molecule has 2 atom stereocenters. The second-order valence-corrected chi connectivity index (χ2v) is 5.57. The molecule has 20 heavy (non-hydrogen) atoms. The van der Waals surface area contributed by atoms with Crippen molar-refractivity contribution in [3.8, 4) is 0 Å². The Morgan fingerprint density at radius 1 is 1.30 bits per heavy atom. The second kappa shape index (κ2) is 5.91. The molecule has 2 fully saturated rings. The second-order valence-electron chi connectivity index (χ2n) is 5.57. The van der Waals surface area contributed by atoms with Crippen molar-refractivity contribution >= 4 is 5.91 Å². The lowest BCUT2D eigenvalue weighted by Gasteiger charge is -2.27. The first-order valence-electron chi connectivity index (χ1n) is 7.14. The minimum atomic E-state index is 0.00622. The number of nitrogens with one attached hydrogen (secondary N) is 1. The number of rotatable bonds is 4. The highest BCUT2D eigenvalue weighted by Gasteiger charge is 2.34. The lowest BCUT2D eigenvalue weighted by Crippen LogP contribution is -2.49. The van der Waals surface area contributed by atoms with Gasteiger partial charge in [-0.15, -0.1) is 0 Å². The summed E-state index contributed by atoms with van der Waals surface area (Å²) in [4.78, 5) is 14.0. The van der Waals surface area contributed by atoms with Gasteiger partial charge in [0.05, 0.1) is 6.10 Å². The number of amides is 1. The van der Waals surface area contributed by atoms with Crippen molar-refractivity contribution in [2.24, 2.45) is 5.73 Å². The zero-order valence-electron chi connectivity index (χ0n) is 11.5. The first-order chi connectivity index (χ1) is 9.74. The molecule has 0 unspecified atom stereocenters. The van der Waals surface area contributed by atoms with Crippen LogP contribution in [0.3, 0.4) is 0 Å². The molecule has 0 bridgehead atoms. The molecule has 1 amide bonds. The number of nitrogens with two attached hydrogens (primary N) is 1. The van der Waals surface area contributed by atoms with E-state index in [2.05, 4.69) is 17.4 Å². The lowest BCUT2D eigenvalue weighted by atomic mass is 9.95. The fraction of sp³-hybridized carbons (Fsp3) is 0.533. The summed E-state index contributed by atoms with van der Waals surface area (Å²) in [6, 6.07) is 10.2. The Labute approximate surface area is 119 Å². The molecule has 108 valence electrons. The molecule has 3 rings (SSSR count). The predicted octanol–water partition coefficient (Wildman–Crippen LogP) is -0.0719. The minimum Gasteiger partial charge on any atom is -0.366 e. The standard InChI is InChI=1S/C15H21N3O2/c16-14-9-18(15(19)10-20-12-6-17-7-12)8-13(14)11-4-2-1-3-5-11/h1-5,12-14,17H,6-10,16H2/t13-,14+/m0/s1. The fourth-order valence-corrected chi connectivity index (χ4v) is 2.75. The zero-order valence-corrected chi connectivity index (χ0v) is 11.5. The molecule has 2 heterocycles. The van der Waals surface area contributed by atoms with Crippen LogP contribution in [0, 0.1) is 0 Å². The molecule has 1 aromatic carbocycles. The number of benzene rings is 1. The van der Waals surface area contributed by atoms with E-state index in [0.717, 1.165) is 13.1 Å². The van der Waals surface area contributed by atoms with Gasteiger partial charge in [-0.2, -0.15) is 0 Å². The van der Waals surface area contributed by atoms with Crippen LogP contribution >= 0.6 is 0 Å². The Morgan fingerprint density at radius 3 is 2.70 bits per heavy atom. The van der Waals surface area contributed by atoms with E-state index in [1.165, 1.54) is 5.56 Å². The SMILES string of the molecule is N[C@@H]1CN(C(=O)COC2CNC2)C[C@H]1c1ccccc1. The quantitative estimate of drug-likeness (QED) is 0.807. The molecule has 0 aliphatic carbocycles. The van der Waals surface area contributed by atoms with E-state index < -0.39 is 0 Å². The van der Waals surface area contributed by atoms with E-state index in [1.54, 1.807) is 0 Å². The van der Waals surface area contributed by atoms with Crippen molar-refractivity contribution in [2.45, 2.75) is 18.1 Å². The number of hydrogen-bond donors (Lipinski definition) is 2. The third-order valence-corrected chi connectivity index (χ3v) is 4.13. The van der Waals surface area contributed by atoms with Crippen molar-refractivity contribution in [1.82, 2.24) is 10.2 Å². The molecule has 0 spiro atoms. The number of ether oxygens (including phenoxy) is 1. The Hall–Kier alpha value is -1.43. The fourth-order valence-electron chi connectivity index (χ4n) is 2.75. The number of carbonyl (C=O) groups excluding carboxylic acids is 1. The van der Waals surface area contributed by atoms with Crippen LogP contribution in [0.1, 0.15) is 11.5 Å². The summed E-state index contributed by atoms with van der Waals surface area (Å²) in [6.45, 7) is 3.17. The highest BCUT2D eigenvalue weighted by molar-refractivity contribution is 5.78. The largest absolute Gasteiger partial charge is 0.366 e. The minimum absolute atomic E-state index is 0.00622. The highest BCUT2D eigenvalue weighted by atomic mass is 16.5. The third kappa shape index (κ3) is 2.85. The van der Waals surface area contributed by atoms with Crippen LogP contribution in [0.4, 0.5) is 0 Å². The van der Waals surface area contributed by atoms with E-state index >= 15 is 0 Å². The Morgan fingerprint density at radius 2 is 2.05 bits per heavy atom. The molecular weight excluding hydrogens is 254 g/mol. The van der Waals surface area contributed by atoms with Crippen LogP contribution in [-0.4, -0.2) is 55.7 Å². The van der Waals surface area contributed by atoms with Gasteiger partial charge in [0.2, 0.25) is 5.91 Å². The molecule has 2 saturated heterocycles. The van der Waals surface area contributed by atoms with E-state index in [1.807, 2.05) is 23.1 Å². The summed E-state index contributed by atoms with van der Waals surface area (Å²) in [5, 5.41) is 3.12. The van der Waals surface area contributed by atoms with Crippen LogP contribution in [-0.2, 0) is 9.53 Å².